The number of nitrogens with zero attached hydrogens (tertiary/aromatic N) is 2. The first-order valence-corrected chi connectivity index (χ1v) is 12.5. The minimum Gasteiger partial charge on any atom is -0.493 e. The summed E-state index contributed by atoms with van der Waals surface area (Å²) < 4.78 is 13.5. The minimum atomic E-state index is -0.274. The molecule has 0 atom stereocenters. The third kappa shape index (κ3) is 5.32. The van der Waals surface area contributed by atoms with E-state index in [2.05, 4.69) is 5.32 Å². The van der Waals surface area contributed by atoms with E-state index in [1.54, 1.807) is 24.3 Å². The highest BCUT2D eigenvalue weighted by Crippen LogP contribution is 2.35. The second kappa shape index (κ2) is 10.6. The van der Waals surface area contributed by atoms with E-state index in [1.165, 1.54) is 23.9 Å². The van der Waals surface area contributed by atoms with Crippen LogP contribution >= 0.6 is 24.0 Å². The molecule has 7 nitrogen and oxygen atoms in total. The first-order valence-electron chi connectivity index (χ1n) is 11.3. The molecule has 1 aliphatic heterocycles. The lowest BCUT2D eigenvalue weighted by Gasteiger charge is -2.20. The largest absolute Gasteiger partial charge is 0.493 e. The third-order valence-corrected chi connectivity index (χ3v) is 7.13. The zero-order valence-corrected chi connectivity index (χ0v) is 22.4. The maximum absolute atomic E-state index is 13.1. The van der Waals surface area contributed by atoms with Crippen LogP contribution in [0.3, 0.4) is 0 Å². The van der Waals surface area contributed by atoms with Gasteiger partial charge in [-0.1, -0.05) is 23.9 Å². The Morgan fingerprint density at radius 1 is 1.00 bits per heavy atom. The van der Waals surface area contributed by atoms with E-state index in [0.29, 0.717) is 20.7 Å². The molecule has 0 aliphatic carbocycles. The summed E-state index contributed by atoms with van der Waals surface area (Å²) in [6.07, 6.45) is 1.77. The van der Waals surface area contributed by atoms with Gasteiger partial charge in [0.2, 0.25) is 0 Å². The Labute approximate surface area is 220 Å². The second-order valence-electron chi connectivity index (χ2n) is 8.47. The number of ether oxygens (including phenoxy) is 2. The molecule has 4 rings (SSSR count). The van der Waals surface area contributed by atoms with Crippen LogP contribution in [0.2, 0.25) is 0 Å². The van der Waals surface area contributed by atoms with Crippen LogP contribution in [0.4, 0.5) is 5.69 Å². The SMILES string of the molecule is COc1cc(/C=C2/SC(=S)N(n3c(C)ccc3C)C2=O)ccc1OCC(=O)Nc1ccc(C)c(C)c1. The molecule has 0 radical (unpaired) electrons. The Kier molecular flexibility index (Phi) is 7.51. The first-order chi connectivity index (χ1) is 17.2. The fraction of sp³-hybridized carbons (Fsp3) is 0.222. The number of carbonyl (C=O) groups is 2. The summed E-state index contributed by atoms with van der Waals surface area (Å²) in [4.78, 5) is 26.0. The number of anilines is 1. The molecule has 1 saturated heterocycles. The molecule has 1 fully saturated rings. The Morgan fingerprint density at radius 2 is 1.72 bits per heavy atom. The number of aromatic nitrogens is 1. The van der Waals surface area contributed by atoms with Crippen LogP contribution in [0, 0.1) is 27.7 Å². The van der Waals surface area contributed by atoms with E-state index < -0.39 is 0 Å². The smallest absolute Gasteiger partial charge is 0.285 e. The van der Waals surface area contributed by atoms with Gasteiger partial charge in [-0.25, -0.2) is 0 Å². The van der Waals surface area contributed by atoms with E-state index in [4.69, 9.17) is 21.7 Å². The summed E-state index contributed by atoms with van der Waals surface area (Å²) in [5, 5.41) is 4.35. The predicted molar refractivity (Wildman–Crippen MR) is 148 cm³/mol. The van der Waals surface area contributed by atoms with Crippen molar-refractivity contribution in [1.82, 2.24) is 4.68 Å². The number of nitrogens with one attached hydrogen (secondary N) is 1. The maximum atomic E-state index is 13.1. The Bertz CT molecular complexity index is 1370. The molecule has 3 aromatic rings. The molecule has 1 aliphatic rings. The molecule has 0 saturated carbocycles. The molecule has 2 aromatic carbocycles. The maximum Gasteiger partial charge on any atom is 0.285 e. The highest BCUT2D eigenvalue weighted by molar-refractivity contribution is 8.27. The molecule has 186 valence electrons. The Morgan fingerprint density at radius 3 is 2.39 bits per heavy atom. The first kappa shape index (κ1) is 25.5. The average molecular weight is 522 g/mol. The molecule has 36 heavy (non-hydrogen) atoms. The normalized spacial score (nSPS) is 14.5. The van der Waals surface area contributed by atoms with Crippen molar-refractivity contribution in [3.63, 3.8) is 0 Å². The summed E-state index contributed by atoms with van der Waals surface area (Å²) in [6, 6.07) is 14.9. The molecule has 2 amide bonds. The minimum absolute atomic E-state index is 0.170. The summed E-state index contributed by atoms with van der Waals surface area (Å²) in [7, 11) is 1.53. The van der Waals surface area contributed by atoms with Crippen LogP contribution in [-0.2, 0) is 9.59 Å². The van der Waals surface area contributed by atoms with Crippen molar-refractivity contribution in [3.05, 3.63) is 81.5 Å². The van der Waals surface area contributed by atoms with Gasteiger partial charge in [0.15, 0.2) is 22.4 Å². The molecular weight excluding hydrogens is 494 g/mol. The molecular formula is C27H27N3O4S2. The Hall–Kier alpha value is -3.56. The molecule has 0 spiro atoms. The lowest BCUT2D eigenvalue weighted by atomic mass is 10.1. The number of hydrogen-bond donors (Lipinski definition) is 1. The van der Waals surface area contributed by atoms with Gasteiger partial charge in [-0.3, -0.25) is 14.3 Å². The van der Waals surface area contributed by atoms with Gasteiger partial charge in [0, 0.05) is 17.1 Å². The number of amides is 2. The molecule has 1 N–H and O–H groups in total. The van der Waals surface area contributed by atoms with Crippen molar-refractivity contribution in [2.45, 2.75) is 27.7 Å². The van der Waals surface area contributed by atoms with E-state index in [9.17, 15) is 9.59 Å². The third-order valence-electron chi connectivity index (χ3n) is 5.84. The van der Waals surface area contributed by atoms with Gasteiger partial charge >= 0.3 is 0 Å². The number of hydrogen-bond acceptors (Lipinski definition) is 6. The van der Waals surface area contributed by atoms with Crippen molar-refractivity contribution in [1.29, 1.82) is 0 Å². The zero-order chi connectivity index (χ0) is 26.0. The second-order valence-corrected chi connectivity index (χ2v) is 10.1. The van der Waals surface area contributed by atoms with E-state index in [-0.39, 0.29) is 18.4 Å². The molecule has 9 heteroatoms. The standard InChI is InChI=1S/C27H27N3O4S2/c1-16-6-10-21(12-17(16)2)28-25(31)15-34-22-11-9-20(13-23(22)33-5)14-24-26(32)30(27(35)36-24)29-18(3)7-8-19(29)4/h6-14H,15H2,1-5H3,(H,28,31)/b24-14+. The van der Waals surface area contributed by atoms with Gasteiger partial charge in [0.25, 0.3) is 11.8 Å². The van der Waals surface area contributed by atoms with Gasteiger partial charge in [-0.2, -0.15) is 5.01 Å². The number of methoxy groups -OCH3 is 1. The van der Waals surface area contributed by atoms with Crippen molar-refractivity contribution in [2.75, 3.05) is 24.0 Å². The van der Waals surface area contributed by atoms with Crippen LogP contribution in [-0.4, -0.2) is 34.5 Å². The van der Waals surface area contributed by atoms with Gasteiger partial charge < -0.3 is 14.8 Å². The zero-order valence-electron chi connectivity index (χ0n) is 20.7. The summed E-state index contributed by atoms with van der Waals surface area (Å²) in [5.41, 5.74) is 5.58. The lowest BCUT2D eigenvalue weighted by molar-refractivity contribution is -0.118. The topological polar surface area (TPSA) is 72.8 Å². The highest BCUT2D eigenvalue weighted by atomic mass is 32.2. The Balaban J connectivity index is 1.46. The van der Waals surface area contributed by atoms with Gasteiger partial charge in [-0.05, 0) is 99.1 Å². The number of carbonyl (C=O) groups excluding carboxylic acids is 2. The summed E-state index contributed by atoms with van der Waals surface area (Å²) in [5.74, 6) is 0.421. The lowest BCUT2D eigenvalue weighted by Crippen LogP contribution is -2.39. The fourth-order valence-corrected chi connectivity index (χ4v) is 5.05. The van der Waals surface area contributed by atoms with Crippen molar-refractivity contribution in [3.8, 4) is 11.5 Å². The van der Waals surface area contributed by atoms with Crippen LogP contribution in [0.5, 0.6) is 11.5 Å². The van der Waals surface area contributed by atoms with E-state index in [0.717, 1.165) is 33.8 Å². The van der Waals surface area contributed by atoms with Crippen LogP contribution in [0.25, 0.3) is 6.08 Å². The summed E-state index contributed by atoms with van der Waals surface area (Å²) >= 11 is 6.74. The van der Waals surface area contributed by atoms with Crippen molar-refractivity contribution in [2.24, 2.45) is 0 Å². The number of aryl methyl sites for hydroxylation is 4. The van der Waals surface area contributed by atoms with E-state index >= 15 is 0 Å². The fourth-order valence-electron chi connectivity index (χ4n) is 3.81. The molecule has 0 unspecified atom stereocenters. The van der Waals surface area contributed by atoms with E-state index in [1.807, 2.05) is 62.7 Å². The molecule has 0 bridgehead atoms. The monoisotopic (exact) mass is 521 g/mol. The number of benzene rings is 2. The number of rotatable bonds is 7. The van der Waals surface area contributed by atoms with Crippen molar-refractivity contribution < 1.29 is 19.1 Å². The predicted octanol–water partition coefficient (Wildman–Crippen LogP) is 5.29. The van der Waals surface area contributed by atoms with Gasteiger partial charge in [0.1, 0.15) is 0 Å². The average Bonchev–Trinajstić information content (AvgIpc) is 3.31. The highest BCUT2D eigenvalue weighted by Gasteiger charge is 2.34. The number of thioether (sulfide) groups is 1. The van der Waals surface area contributed by atoms with Crippen molar-refractivity contribution >= 4 is 51.9 Å². The summed E-state index contributed by atoms with van der Waals surface area (Å²) in [6.45, 7) is 7.71. The van der Waals surface area contributed by atoms with Gasteiger partial charge in [0.05, 0.1) is 12.0 Å². The quantitative estimate of drug-likeness (QED) is 0.337. The van der Waals surface area contributed by atoms with Crippen LogP contribution < -0.4 is 19.8 Å². The van der Waals surface area contributed by atoms with Crippen LogP contribution in [0.1, 0.15) is 28.1 Å². The molecule has 2 heterocycles. The van der Waals surface area contributed by atoms with Crippen LogP contribution in [0.15, 0.2) is 53.4 Å². The van der Waals surface area contributed by atoms with Gasteiger partial charge in [-0.15, -0.1) is 0 Å². The number of thiocarbonyl (C=S) groups is 1. The molecule has 1 aromatic heterocycles.